The van der Waals surface area contributed by atoms with Crippen molar-refractivity contribution in [1.82, 2.24) is 15.1 Å². The fourth-order valence-electron chi connectivity index (χ4n) is 3.15. The molecule has 1 N–H and O–H groups in total. The SMILES string of the molecule is O=C(CN1C(=O)CCn2nc(-c3ccccc3)cc21)NCCc1ccco1. The maximum Gasteiger partial charge on any atom is 0.240 e. The van der Waals surface area contributed by atoms with Gasteiger partial charge in [-0.2, -0.15) is 5.10 Å². The van der Waals surface area contributed by atoms with Crippen LogP contribution in [-0.2, 0) is 22.6 Å². The molecule has 1 aliphatic heterocycles. The normalized spacial score (nSPS) is 13.5. The molecule has 7 heteroatoms. The summed E-state index contributed by atoms with van der Waals surface area (Å²) in [5.41, 5.74) is 1.78. The van der Waals surface area contributed by atoms with E-state index < -0.39 is 0 Å². The molecule has 2 aromatic heterocycles. The fraction of sp³-hybridized carbons (Fsp3) is 0.250. The molecule has 0 saturated heterocycles. The Morgan fingerprint density at radius 2 is 2.04 bits per heavy atom. The van der Waals surface area contributed by atoms with Crippen molar-refractivity contribution in [3.8, 4) is 11.3 Å². The Morgan fingerprint density at radius 3 is 2.81 bits per heavy atom. The number of aryl methyl sites for hydroxylation is 1. The molecule has 1 aromatic carbocycles. The standard InChI is InChI=1S/C20H20N4O3/c25-18(21-10-8-16-7-4-12-27-16)14-23-19-13-17(15-5-2-1-3-6-15)22-24(19)11-9-20(23)26/h1-7,12-13H,8-11,14H2,(H,21,25). The van der Waals surface area contributed by atoms with Crippen LogP contribution < -0.4 is 10.2 Å². The molecular formula is C20H20N4O3. The number of nitrogens with one attached hydrogen (secondary N) is 1. The third kappa shape index (κ3) is 3.76. The lowest BCUT2D eigenvalue weighted by molar-refractivity contribution is -0.124. The minimum Gasteiger partial charge on any atom is -0.469 e. The summed E-state index contributed by atoms with van der Waals surface area (Å²) < 4.78 is 7.04. The molecule has 0 unspecified atom stereocenters. The first-order chi connectivity index (χ1) is 13.2. The summed E-state index contributed by atoms with van der Waals surface area (Å²) in [4.78, 5) is 26.2. The Kier molecular flexibility index (Phi) is 4.74. The molecule has 1 aliphatic rings. The van der Waals surface area contributed by atoms with Crippen molar-refractivity contribution in [2.24, 2.45) is 0 Å². The Labute approximate surface area is 156 Å². The van der Waals surface area contributed by atoms with Gasteiger partial charge in [-0.05, 0) is 12.1 Å². The number of rotatable bonds is 6. The number of aromatic nitrogens is 2. The summed E-state index contributed by atoms with van der Waals surface area (Å²) in [6.45, 7) is 0.970. The number of fused-ring (bicyclic) bond motifs is 1. The van der Waals surface area contributed by atoms with E-state index in [-0.39, 0.29) is 18.4 Å². The Balaban J connectivity index is 1.44. The maximum atomic E-state index is 12.4. The lowest BCUT2D eigenvalue weighted by Gasteiger charge is -2.26. The molecule has 138 valence electrons. The third-order valence-corrected chi connectivity index (χ3v) is 4.52. The first-order valence-electron chi connectivity index (χ1n) is 8.93. The van der Waals surface area contributed by atoms with Crippen molar-refractivity contribution in [3.05, 3.63) is 60.6 Å². The quantitative estimate of drug-likeness (QED) is 0.727. The summed E-state index contributed by atoms with van der Waals surface area (Å²) in [5.74, 6) is 1.20. The highest BCUT2D eigenvalue weighted by Crippen LogP contribution is 2.27. The monoisotopic (exact) mass is 364 g/mol. The van der Waals surface area contributed by atoms with Gasteiger partial charge < -0.3 is 9.73 Å². The largest absolute Gasteiger partial charge is 0.469 e. The summed E-state index contributed by atoms with van der Waals surface area (Å²) in [6.07, 6.45) is 2.56. The molecule has 3 heterocycles. The zero-order valence-corrected chi connectivity index (χ0v) is 14.8. The van der Waals surface area contributed by atoms with Crippen LogP contribution in [-0.4, -0.2) is 34.7 Å². The number of furan rings is 1. The topological polar surface area (TPSA) is 80.4 Å². The molecule has 2 amide bonds. The van der Waals surface area contributed by atoms with Crippen LogP contribution in [0.25, 0.3) is 11.3 Å². The fourth-order valence-corrected chi connectivity index (χ4v) is 3.15. The summed E-state index contributed by atoms with van der Waals surface area (Å²) in [7, 11) is 0. The van der Waals surface area contributed by atoms with E-state index in [2.05, 4.69) is 10.4 Å². The van der Waals surface area contributed by atoms with Crippen molar-refractivity contribution in [2.75, 3.05) is 18.0 Å². The second-order valence-electron chi connectivity index (χ2n) is 6.39. The van der Waals surface area contributed by atoms with E-state index in [1.54, 1.807) is 10.9 Å². The second-order valence-corrected chi connectivity index (χ2v) is 6.39. The molecule has 0 aliphatic carbocycles. The number of amides is 2. The Bertz CT molecular complexity index is 932. The van der Waals surface area contributed by atoms with E-state index in [9.17, 15) is 9.59 Å². The average Bonchev–Trinajstić information content (AvgIpc) is 3.35. The van der Waals surface area contributed by atoms with Gasteiger partial charge in [-0.1, -0.05) is 30.3 Å². The molecule has 4 rings (SSSR count). The smallest absolute Gasteiger partial charge is 0.240 e. The van der Waals surface area contributed by atoms with Crippen LogP contribution in [0.3, 0.4) is 0 Å². The molecule has 3 aromatic rings. The van der Waals surface area contributed by atoms with E-state index in [0.29, 0.717) is 31.7 Å². The van der Waals surface area contributed by atoms with Gasteiger partial charge in [0.25, 0.3) is 0 Å². The van der Waals surface area contributed by atoms with Crippen LogP contribution in [0.2, 0.25) is 0 Å². The van der Waals surface area contributed by atoms with E-state index in [1.807, 2.05) is 48.5 Å². The molecule has 0 saturated carbocycles. The Morgan fingerprint density at radius 1 is 1.19 bits per heavy atom. The van der Waals surface area contributed by atoms with Crippen molar-refractivity contribution in [1.29, 1.82) is 0 Å². The first kappa shape index (κ1) is 17.1. The number of nitrogens with zero attached hydrogens (tertiary/aromatic N) is 3. The number of hydrogen-bond donors (Lipinski definition) is 1. The number of anilines is 1. The van der Waals surface area contributed by atoms with Gasteiger partial charge in [-0.25, -0.2) is 4.68 Å². The summed E-state index contributed by atoms with van der Waals surface area (Å²) in [6, 6.07) is 15.3. The minimum absolute atomic E-state index is 0.0170. The summed E-state index contributed by atoms with van der Waals surface area (Å²) >= 11 is 0. The second kappa shape index (κ2) is 7.49. The van der Waals surface area contributed by atoms with Gasteiger partial charge >= 0.3 is 0 Å². The van der Waals surface area contributed by atoms with Crippen molar-refractivity contribution >= 4 is 17.6 Å². The molecular weight excluding hydrogens is 344 g/mol. The van der Waals surface area contributed by atoms with Gasteiger partial charge in [0.2, 0.25) is 11.8 Å². The third-order valence-electron chi connectivity index (χ3n) is 4.52. The first-order valence-corrected chi connectivity index (χ1v) is 8.93. The van der Waals surface area contributed by atoms with Gasteiger partial charge in [-0.3, -0.25) is 14.5 Å². The predicted octanol–water partition coefficient (Wildman–Crippen LogP) is 2.24. The van der Waals surface area contributed by atoms with Crippen LogP contribution in [0.5, 0.6) is 0 Å². The molecule has 0 spiro atoms. The van der Waals surface area contributed by atoms with Crippen LogP contribution in [0.1, 0.15) is 12.2 Å². The highest BCUT2D eigenvalue weighted by molar-refractivity contribution is 5.99. The molecule has 0 fully saturated rings. The predicted molar refractivity (Wildman–Crippen MR) is 100 cm³/mol. The zero-order chi connectivity index (χ0) is 18.6. The molecule has 27 heavy (non-hydrogen) atoms. The van der Waals surface area contributed by atoms with Gasteiger partial charge in [0, 0.05) is 31.0 Å². The lowest BCUT2D eigenvalue weighted by Crippen LogP contribution is -2.44. The van der Waals surface area contributed by atoms with Crippen LogP contribution in [0.15, 0.2) is 59.2 Å². The average molecular weight is 364 g/mol. The van der Waals surface area contributed by atoms with Crippen molar-refractivity contribution in [3.63, 3.8) is 0 Å². The van der Waals surface area contributed by atoms with Gasteiger partial charge in [0.05, 0.1) is 18.5 Å². The van der Waals surface area contributed by atoms with Crippen molar-refractivity contribution in [2.45, 2.75) is 19.4 Å². The van der Waals surface area contributed by atoms with Gasteiger partial charge in [0.15, 0.2) is 0 Å². The van der Waals surface area contributed by atoms with Crippen molar-refractivity contribution < 1.29 is 14.0 Å². The van der Waals surface area contributed by atoms with Crippen LogP contribution >= 0.6 is 0 Å². The molecule has 0 radical (unpaired) electrons. The Hall–Kier alpha value is -3.35. The lowest BCUT2D eigenvalue weighted by atomic mass is 10.1. The number of carbonyl (C=O) groups excluding carboxylic acids is 2. The highest BCUT2D eigenvalue weighted by atomic mass is 16.3. The zero-order valence-electron chi connectivity index (χ0n) is 14.8. The maximum absolute atomic E-state index is 12.4. The number of hydrogen-bond acceptors (Lipinski definition) is 4. The highest BCUT2D eigenvalue weighted by Gasteiger charge is 2.28. The van der Waals surface area contributed by atoms with Gasteiger partial charge in [0.1, 0.15) is 18.1 Å². The molecule has 7 nitrogen and oxygen atoms in total. The number of benzene rings is 1. The molecule has 0 bridgehead atoms. The van der Waals surface area contributed by atoms with E-state index in [0.717, 1.165) is 17.0 Å². The van der Waals surface area contributed by atoms with E-state index in [1.165, 1.54) is 4.90 Å². The summed E-state index contributed by atoms with van der Waals surface area (Å²) in [5, 5.41) is 7.42. The number of carbonyl (C=O) groups is 2. The van der Waals surface area contributed by atoms with E-state index in [4.69, 9.17) is 4.42 Å². The van der Waals surface area contributed by atoms with Crippen LogP contribution in [0, 0.1) is 0 Å². The minimum atomic E-state index is -0.203. The molecule has 0 atom stereocenters. The van der Waals surface area contributed by atoms with E-state index >= 15 is 0 Å². The van der Waals surface area contributed by atoms with Gasteiger partial charge in [-0.15, -0.1) is 0 Å². The van der Waals surface area contributed by atoms with Crippen LogP contribution in [0.4, 0.5) is 5.82 Å².